The molecule has 9 heteroatoms. The Balaban J connectivity index is 1.74. The molecule has 0 aliphatic carbocycles. The van der Waals surface area contributed by atoms with Crippen LogP contribution in [0.5, 0.6) is 0 Å². The van der Waals surface area contributed by atoms with Gasteiger partial charge in [-0.2, -0.15) is 13.2 Å². The van der Waals surface area contributed by atoms with Crippen LogP contribution in [-0.4, -0.2) is 44.1 Å². The topological polar surface area (TPSA) is 86.5 Å². The van der Waals surface area contributed by atoms with Crippen LogP contribution in [0.4, 0.5) is 13.2 Å². The summed E-state index contributed by atoms with van der Waals surface area (Å²) < 4.78 is 39.8. The number of aryl methyl sites for hydroxylation is 1. The van der Waals surface area contributed by atoms with Crippen molar-refractivity contribution in [1.82, 2.24) is 14.9 Å². The van der Waals surface area contributed by atoms with Gasteiger partial charge in [-0.15, -0.1) is 0 Å². The van der Waals surface area contributed by atoms with Gasteiger partial charge in [0.15, 0.2) is 17.7 Å². The summed E-state index contributed by atoms with van der Waals surface area (Å²) in [5, 5.41) is 19.6. The molecule has 1 aliphatic heterocycles. The molecule has 2 heterocycles. The van der Waals surface area contributed by atoms with E-state index in [-0.39, 0.29) is 23.0 Å². The lowest BCUT2D eigenvalue weighted by molar-refractivity contribution is -0.138. The minimum absolute atomic E-state index is 0.0217. The monoisotopic (exact) mass is 395 g/mol. The Hall–Kier alpha value is -2.52. The number of hydrogen-bond donors (Lipinski definition) is 2. The van der Waals surface area contributed by atoms with Crippen molar-refractivity contribution < 1.29 is 28.2 Å². The van der Waals surface area contributed by atoms with Gasteiger partial charge in [-0.3, -0.25) is 4.90 Å². The molecule has 1 aromatic heterocycles. The van der Waals surface area contributed by atoms with Crippen molar-refractivity contribution in [3.05, 3.63) is 58.7 Å². The fourth-order valence-corrected chi connectivity index (χ4v) is 3.55. The number of nitrogens with zero attached hydrogens (tertiary/aromatic N) is 3. The van der Waals surface area contributed by atoms with E-state index in [0.29, 0.717) is 31.6 Å². The van der Waals surface area contributed by atoms with E-state index >= 15 is 0 Å². The summed E-state index contributed by atoms with van der Waals surface area (Å²) in [5.41, 5.74) is -0.155. The van der Waals surface area contributed by atoms with Crippen molar-refractivity contribution in [2.24, 2.45) is 0 Å². The number of likely N-dealkylation sites (tertiary alicyclic amines) is 1. The smallest absolute Gasteiger partial charge is 0.416 e. The molecular formula is C19H20F3N3O3. The Labute approximate surface area is 159 Å². The van der Waals surface area contributed by atoms with Crippen molar-refractivity contribution in [3.63, 3.8) is 0 Å². The normalized spacial score (nSPS) is 17.5. The van der Waals surface area contributed by atoms with Crippen molar-refractivity contribution in [2.45, 2.75) is 38.1 Å². The first-order valence-electron chi connectivity index (χ1n) is 8.84. The van der Waals surface area contributed by atoms with E-state index in [1.54, 1.807) is 17.9 Å². The zero-order valence-corrected chi connectivity index (χ0v) is 15.1. The Bertz CT molecular complexity index is 865. The van der Waals surface area contributed by atoms with Gasteiger partial charge in [0.05, 0.1) is 5.56 Å². The summed E-state index contributed by atoms with van der Waals surface area (Å²) in [6, 6.07) is 6.87. The summed E-state index contributed by atoms with van der Waals surface area (Å²) >= 11 is 0. The van der Waals surface area contributed by atoms with E-state index < -0.39 is 23.9 Å². The first-order valence-corrected chi connectivity index (χ1v) is 8.84. The van der Waals surface area contributed by atoms with Crippen LogP contribution in [0.2, 0.25) is 0 Å². The van der Waals surface area contributed by atoms with Crippen LogP contribution in [0.15, 0.2) is 30.3 Å². The van der Waals surface area contributed by atoms with Gasteiger partial charge in [0.2, 0.25) is 0 Å². The molecule has 1 fully saturated rings. The third-order valence-corrected chi connectivity index (χ3v) is 4.90. The number of aliphatic hydroxyl groups is 1. The lowest BCUT2D eigenvalue weighted by Gasteiger charge is -2.35. The van der Waals surface area contributed by atoms with Crippen molar-refractivity contribution in [2.75, 3.05) is 13.1 Å². The Morgan fingerprint density at radius 1 is 1.21 bits per heavy atom. The van der Waals surface area contributed by atoms with Gasteiger partial charge in [-0.05, 0) is 43.4 Å². The van der Waals surface area contributed by atoms with E-state index in [0.717, 1.165) is 6.07 Å². The molecule has 28 heavy (non-hydrogen) atoms. The number of rotatable bonds is 4. The average molecular weight is 395 g/mol. The number of carboxylic acid groups (broad SMARTS) is 1. The number of aromatic carboxylic acids is 1. The molecule has 0 spiro atoms. The van der Waals surface area contributed by atoms with Gasteiger partial charge in [-0.25, -0.2) is 14.8 Å². The summed E-state index contributed by atoms with van der Waals surface area (Å²) in [6.07, 6.45) is -4.75. The summed E-state index contributed by atoms with van der Waals surface area (Å²) in [7, 11) is 0. The highest BCUT2D eigenvalue weighted by molar-refractivity contribution is 5.85. The van der Waals surface area contributed by atoms with E-state index in [9.17, 15) is 23.1 Å². The molecule has 3 rings (SSSR count). The highest BCUT2D eigenvalue weighted by Gasteiger charge is 2.36. The number of carboxylic acids is 1. The molecule has 1 atom stereocenters. The third kappa shape index (κ3) is 4.31. The van der Waals surface area contributed by atoms with E-state index in [4.69, 9.17) is 5.11 Å². The van der Waals surface area contributed by atoms with Crippen molar-refractivity contribution >= 4 is 5.97 Å². The molecule has 0 radical (unpaired) electrons. The quantitative estimate of drug-likeness (QED) is 0.826. The number of aliphatic hydroxyl groups excluding tert-OH is 1. The summed E-state index contributed by atoms with van der Waals surface area (Å²) in [5.74, 6) is -1.51. The minimum atomic E-state index is -4.41. The molecular weight excluding hydrogens is 375 g/mol. The van der Waals surface area contributed by atoms with E-state index in [1.165, 1.54) is 18.2 Å². The number of carbonyl (C=O) groups is 1. The van der Waals surface area contributed by atoms with Crippen LogP contribution in [-0.2, 0) is 6.18 Å². The number of halogens is 3. The second-order valence-electron chi connectivity index (χ2n) is 6.83. The van der Waals surface area contributed by atoms with Crippen molar-refractivity contribution in [1.29, 1.82) is 0 Å². The van der Waals surface area contributed by atoms with Crippen LogP contribution in [0.1, 0.15) is 58.1 Å². The van der Waals surface area contributed by atoms with Crippen LogP contribution in [0.25, 0.3) is 0 Å². The van der Waals surface area contributed by atoms with Crippen LogP contribution < -0.4 is 0 Å². The molecule has 1 unspecified atom stereocenters. The number of alkyl halides is 3. The van der Waals surface area contributed by atoms with E-state index in [1.807, 2.05) is 0 Å². The molecule has 1 aliphatic rings. The lowest BCUT2D eigenvalue weighted by atomic mass is 9.86. The van der Waals surface area contributed by atoms with Gasteiger partial charge in [-0.1, -0.05) is 18.2 Å². The fourth-order valence-electron chi connectivity index (χ4n) is 3.55. The number of aromatic nitrogens is 2. The molecule has 1 aromatic carbocycles. The first-order chi connectivity index (χ1) is 13.2. The molecule has 1 saturated heterocycles. The van der Waals surface area contributed by atoms with Gasteiger partial charge in [0.1, 0.15) is 0 Å². The first kappa shape index (κ1) is 20.2. The van der Waals surface area contributed by atoms with Crippen LogP contribution >= 0.6 is 0 Å². The zero-order valence-electron chi connectivity index (χ0n) is 15.1. The summed E-state index contributed by atoms with van der Waals surface area (Å²) in [6.45, 7) is 2.29. The largest absolute Gasteiger partial charge is 0.477 e. The number of benzene rings is 1. The Kier molecular flexibility index (Phi) is 5.66. The second-order valence-corrected chi connectivity index (χ2v) is 6.83. The summed E-state index contributed by atoms with van der Waals surface area (Å²) in [4.78, 5) is 20.8. The second kappa shape index (κ2) is 7.84. The molecule has 2 N–H and O–H groups in total. The average Bonchev–Trinajstić information content (AvgIpc) is 2.66. The van der Waals surface area contributed by atoms with Gasteiger partial charge in [0, 0.05) is 18.8 Å². The molecule has 150 valence electrons. The Morgan fingerprint density at radius 3 is 2.46 bits per heavy atom. The van der Waals surface area contributed by atoms with Gasteiger partial charge < -0.3 is 10.2 Å². The highest BCUT2D eigenvalue weighted by Crippen LogP contribution is 2.39. The van der Waals surface area contributed by atoms with Crippen LogP contribution in [0, 0.1) is 6.92 Å². The standard InChI is InChI=1S/C19H20F3N3O3/c1-11-10-15(18(27)28)24-16(23-11)17(26)25-8-6-12(7-9-25)13-4-2-3-5-14(13)19(20,21)22/h2-5,10,12,17,26H,6-9H2,1H3,(H,27,28). The lowest BCUT2D eigenvalue weighted by Crippen LogP contribution is -2.37. The minimum Gasteiger partial charge on any atom is -0.477 e. The van der Waals surface area contributed by atoms with Crippen molar-refractivity contribution in [3.8, 4) is 0 Å². The molecule has 0 amide bonds. The molecule has 0 saturated carbocycles. The maximum Gasteiger partial charge on any atom is 0.416 e. The fraction of sp³-hybridized carbons (Fsp3) is 0.421. The van der Waals surface area contributed by atoms with Gasteiger partial charge >= 0.3 is 12.1 Å². The van der Waals surface area contributed by atoms with Gasteiger partial charge in [0.25, 0.3) is 0 Å². The Morgan fingerprint density at radius 2 is 1.86 bits per heavy atom. The maximum absolute atomic E-state index is 13.3. The van der Waals surface area contributed by atoms with Crippen LogP contribution in [0.3, 0.4) is 0 Å². The predicted molar refractivity (Wildman–Crippen MR) is 93.7 cm³/mol. The highest BCUT2D eigenvalue weighted by atomic mass is 19.4. The third-order valence-electron chi connectivity index (χ3n) is 4.90. The van der Waals surface area contributed by atoms with E-state index in [2.05, 4.69) is 9.97 Å². The molecule has 6 nitrogen and oxygen atoms in total. The maximum atomic E-state index is 13.3. The number of piperidine rings is 1. The zero-order chi connectivity index (χ0) is 20.5. The predicted octanol–water partition coefficient (Wildman–Crippen LogP) is 3.37. The SMILES string of the molecule is Cc1cc(C(=O)O)nc(C(O)N2CCC(c3ccccc3C(F)(F)F)CC2)n1. The molecule has 0 bridgehead atoms. The number of hydrogen-bond acceptors (Lipinski definition) is 5. The molecule has 2 aromatic rings.